The lowest BCUT2D eigenvalue weighted by Crippen LogP contribution is -2.16. The van der Waals surface area contributed by atoms with Gasteiger partial charge in [-0.2, -0.15) is 5.10 Å². The smallest absolute Gasteiger partial charge is 0.262 e. The second-order valence-corrected chi connectivity index (χ2v) is 5.99. The Morgan fingerprint density at radius 1 is 1.08 bits per heavy atom. The largest absolute Gasteiger partial charge is 0.308 e. The number of hydrogen-bond acceptors (Lipinski definition) is 3. The minimum absolute atomic E-state index is 0.247. The molecule has 4 aromatic rings. The Balaban J connectivity index is 1.63. The number of para-hydroxylation sites is 1. The van der Waals surface area contributed by atoms with E-state index in [1.54, 1.807) is 15.6 Å². The van der Waals surface area contributed by atoms with Crippen LogP contribution in [0.25, 0.3) is 11.5 Å². The summed E-state index contributed by atoms with van der Waals surface area (Å²) in [5.41, 5.74) is 2.30. The van der Waals surface area contributed by atoms with E-state index in [0.29, 0.717) is 17.2 Å². The van der Waals surface area contributed by atoms with Crippen molar-refractivity contribution in [2.24, 2.45) is 7.05 Å². The second kappa shape index (κ2) is 6.36. The fourth-order valence-electron chi connectivity index (χ4n) is 2.84. The molecule has 7 heteroatoms. The van der Waals surface area contributed by atoms with Crippen LogP contribution in [-0.2, 0) is 7.05 Å². The van der Waals surface area contributed by atoms with Crippen LogP contribution < -0.4 is 5.32 Å². The van der Waals surface area contributed by atoms with E-state index >= 15 is 0 Å². The zero-order valence-electron chi connectivity index (χ0n) is 14.5. The first kappa shape index (κ1) is 15.9. The minimum Gasteiger partial charge on any atom is -0.308 e. The van der Waals surface area contributed by atoms with Gasteiger partial charge in [0.1, 0.15) is 11.4 Å². The monoisotopic (exact) mass is 346 g/mol. The SMILES string of the molecule is Cc1cn(-c2ccccc2)nc1NC(=O)c1cnn(C)c1-n1cccc1. The maximum Gasteiger partial charge on any atom is 0.262 e. The molecule has 0 saturated heterocycles. The van der Waals surface area contributed by atoms with E-state index in [-0.39, 0.29) is 5.91 Å². The lowest BCUT2D eigenvalue weighted by molar-refractivity contribution is 0.102. The van der Waals surface area contributed by atoms with Gasteiger partial charge in [0.2, 0.25) is 0 Å². The number of rotatable bonds is 4. The van der Waals surface area contributed by atoms with E-state index in [4.69, 9.17) is 0 Å². The van der Waals surface area contributed by atoms with Gasteiger partial charge >= 0.3 is 0 Å². The number of benzene rings is 1. The third-order valence-corrected chi connectivity index (χ3v) is 4.15. The van der Waals surface area contributed by atoms with E-state index < -0.39 is 0 Å². The maximum atomic E-state index is 12.8. The summed E-state index contributed by atoms with van der Waals surface area (Å²) in [5.74, 6) is 0.983. The first-order chi connectivity index (χ1) is 12.6. The average molecular weight is 346 g/mol. The first-order valence-corrected chi connectivity index (χ1v) is 8.22. The highest BCUT2D eigenvalue weighted by atomic mass is 16.1. The van der Waals surface area contributed by atoms with Crippen molar-refractivity contribution < 1.29 is 4.79 Å². The summed E-state index contributed by atoms with van der Waals surface area (Å²) >= 11 is 0. The molecule has 0 aliphatic rings. The molecule has 3 heterocycles. The van der Waals surface area contributed by atoms with Gasteiger partial charge < -0.3 is 9.88 Å². The third-order valence-electron chi connectivity index (χ3n) is 4.15. The summed E-state index contributed by atoms with van der Waals surface area (Å²) in [7, 11) is 1.81. The van der Waals surface area contributed by atoms with Crippen LogP contribution in [0.1, 0.15) is 15.9 Å². The molecule has 0 radical (unpaired) electrons. The molecule has 0 atom stereocenters. The summed E-state index contributed by atoms with van der Waals surface area (Å²) in [4.78, 5) is 12.8. The Morgan fingerprint density at radius 3 is 2.54 bits per heavy atom. The molecule has 0 aliphatic heterocycles. The Morgan fingerprint density at radius 2 is 1.81 bits per heavy atom. The molecule has 0 bridgehead atoms. The van der Waals surface area contributed by atoms with Crippen molar-refractivity contribution in [1.82, 2.24) is 24.1 Å². The molecular formula is C19H18N6O. The molecule has 130 valence electrons. The van der Waals surface area contributed by atoms with Crippen LogP contribution in [-0.4, -0.2) is 30.0 Å². The van der Waals surface area contributed by atoms with E-state index in [1.165, 1.54) is 0 Å². The Labute approximate surface area is 150 Å². The summed E-state index contributed by atoms with van der Waals surface area (Å²) in [6.45, 7) is 1.91. The molecule has 1 aromatic carbocycles. The number of hydrogen-bond donors (Lipinski definition) is 1. The second-order valence-electron chi connectivity index (χ2n) is 5.99. The van der Waals surface area contributed by atoms with Crippen molar-refractivity contribution in [3.63, 3.8) is 0 Å². The predicted molar refractivity (Wildman–Crippen MR) is 98.8 cm³/mol. The zero-order chi connectivity index (χ0) is 18.1. The van der Waals surface area contributed by atoms with Gasteiger partial charge in [-0.15, -0.1) is 5.10 Å². The van der Waals surface area contributed by atoms with E-state index in [9.17, 15) is 4.79 Å². The van der Waals surface area contributed by atoms with Gasteiger partial charge in [-0.05, 0) is 31.2 Å². The van der Waals surface area contributed by atoms with Crippen molar-refractivity contribution in [2.75, 3.05) is 5.32 Å². The molecule has 0 fully saturated rings. The lowest BCUT2D eigenvalue weighted by atomic mass is 10.3. The number of amides is 1. The lowest BCUT2D eigenvalue weighted by Gasteiger charge is -2.07. The van der Waals surface area contributed by atoms with E-state index in [1.807, 2.05) is 79.6 Å². The quantitative estimate of drug-likeness (QED) is 0.618. The van der Waals surface area contributed by atoms with Gasteiger partial charge in [-0.1, -0.05) is 18.2 Å². The number of carbonyl (C=O) groups is 1. The Kier molecular flexibility index (Phi) is 3.89. The molecule has 26 heavy (non-hydrogen) atoms. The number of carbonyl (C=O) groups excluding carboxylic acids is 1. The molecule has 1 amide bonds. The third kappa shape index (κ3) is 2.79. The van der Waals surface area contributed by atoms with Crippen molar-refractivity contribution in [3.05, 3.63) is 78.4 Å². The van der Waals surface area contributed by atoms with Gasteiger partial charge in [-0.25, -0.2) is 4.68 Å². The van der Waals surface area contributed by atoms with Crippen molar-refractivity contribution in [3.8, 4) is 11.5 Å². The van der Waals surface area contributed by atoms with Gasteiger partial charge in [0, 0.05) is 31.2 Å². The van der Waals surface area contributed by atoms with Crippen molar-refractivity contribution >= 4 is 11.7 Å². The molecule has 4 rings (SSSR count). The van der Waals surface area contributed by atoms with Gasteiger partial charge in [-0.3, -0.25) is 9.48 Å². The molecule has 0 unspecified atom stereocenters. The number of nitrogens with zero attached hydrogens (tertiary/aromatic N) is 5. The van der Waals surface area contributed by atoms with Crippen LogP contribution in [0.4, 0.5) is 5.82 Å². The summed E-state index contributed by atoms with van der Waals surface area (Å²) in [6, 6.07) is 13.6. The molecular weight excluding hydrogens is 328 g/mol. The minimum atomic E-state index is -0.247. The van der Waals surface area contributed by atoms with Crippen LogP contribution >= 0.6 is 0 Å². The van der Waals surface area contributed by atoms with Crippen LogP contribution in [0.5, 0.6) is 0 Å². The highest BCUT2D eigenvalue weighted by Gasteiger charge is 2.19. The number of aryl methyl sites for hydroxylation is 2. The number of anilines is 1. The molecule has 3 aromatic heterocycles. The Hall–Kier alpha value is -3.61. The number of nitrogens with one attached hydrogen (secondary N) is 1. The average Bonchev–Trinajstić information content (AvgIpc) is 3.36. The van der Waals surface area contributed by atoms with Crippen LogP contribution in [0.2, 0.25) is 0 Å². The van der Waals surface area contributed by atoms with Crippen molar-refractivity contribution in [2.45, 2.75) is 6.92 Å². The van der Waals surface area contributed by atoms with Gasteiger partial charge in [0.15, 0.2) is 5.82 Å². The molecule has 0 saturated carbocycles. The summed E-state index contributed by atoms with van der Waals surface area (Å²) < 4.78 is 5.28. The van der Waals surface area contributed by atoms with E-state index in [0.717, 1.165) is 11.3 Å². The first-order valence-electron chi connectivity index (χ1n) is 8.22. The molecule has 0 aliphatic carbocycles. The highest BCUT2D eigenvalue weighted by molar-refractivity contribution is 6.06. The molecule has 7 nitrogen and oxygen atoms in total. The zero-order valence-corrected chi connectivity index (χ0v) is 14.5. The van der Waals surface area contributed by atoms with Crippen LogP contribution in [0.15, 0.2) is 67.3 Å². The number of aromatic nitrogens is 5. The Bertz CT molecular complexity index is 1040. The van der Waals surface area contributed by atoms with Gasteiger partial charge in [0.05, 0.1) is 11.9 Å². The molecule has 0 spiro atoms. The molecule has 1 N–H and O–H groups in total. The standard InChI is InChI=1S/C19H18N6O/c1-14-13-25(15-8-4-3-5-9-15)22-17(14)21-18(26)16-12-20-23(2)19(16)24-10-6-7-11-24/h3-13H,1-2H3,(H,21,22,26). The van der Waals surface area contributed by atoms with Crippen molar-refractivity contribution in [1.29, 1.82) is 0 Å². The predicted octanol–water partition coefficient (Wildman–Crippen LogP) is 2.96. The summed E-state index contributed by atoms with van der Waals surface area (Å²) in [5, 5.41) is 11.6. The van der Waals surface area contributed by atoms with E-state index in [2.05, 4.69) is 15.5 Å². The maximum absolute atomic E-state index is 12.8. The topological polar surface area (TPSA) is 69.7 Å². The fourth-order valence-corrected chi connectivity index (χ4v) is 2.84. The summed E-state index contributed by atoms with van der Waals surface area (Å²) in [6.07, 6.45) is 7.21. The fraction of sp³-hybridized carbons (Fsp3) is 0.105. The normalized spacial score (nSPS) is 10.8. The van der Waals surface area contributed by atoms with Crippen LogP contribution in [0.3, 0.4) is 0 Å². The van der Waals surface area contributed by atoms with Gasteiger partial charge in [0.25, 0.3) is 5.91 Å². The van der Waals surface area contributed by atoms with Crippen LogP contribution in [0, 0.1) is 6.92 Å². The highest BCUT2D eigenvalue weighted by Crippen LogP contribution is 2.19.